The fraction of sp³-hybridized carbons (Fsp3) is 0.316. The van der Waals surface area contributed by atoms with Crippen LogP contribution in [0.25, 0.3) is 0 Å². The average molecular weight is 364 g/mol. The topological polar surface area (TPSA) is 38.3 Å². The number of carbonyl (C=O) groups is 1. The Morgan fingerprint density at radius 2 is 1.96 bits per heavy atom. The van der Waals surface area contributed by atoms with Gasteiger partial charge in [-0.2, -0.15) is 0 Å². The Labute approximate surface area is 152 Å². The van der Waals surface area contributed by atoms with Crippen molar-refractivity contribution in [3.05, 3.63) is 64.2 Å². The molecule has 0 bridgehead atoms. The van der Waals surface area contributed by atoms with Gasteiger partial charge >= 0.3 is 0 Å². The van der Waals surface area contributed by atoms with Gasteiger partial charge in [0.1, 0.15) is 12.4 Å². The van der Waals surface area contributed by atoms with Crippen LogP contribution in [-0.4, -0.2) is 24.8 Å². The van der Waals surface area contributed by atoms with E-state index in [9.17, 15) is 4.79 Å². The fourth-order valence-corrected chi connectivity index (χ4v) is 3.23. The minimum absolute atomic E-state index is 0.00994. The Morgan fingerprint density at radius 1 is 1.17 bits per heavy atom. The van der Waals surface area contributed by atoms with E-state index in [0.29, 0.717) is 18.9 Å². The zero-order valence-corrected chi connectivity index (χ0v) is 15.5. The first kappa shape index (κ1) is 18.7. The first-order valence-electron chi connectivity index (χ1n) is 7.84. The minimum atomic E-state index is 0.00994. The molecule has 0 saturated carbocycles. The van der Waals surface area contributed by atoms with Crippen molar-refractivity contribution in [2.75, 3.05) is 18.9 Å². The van der Waals surface area contributed by atoms with Crippen molar-refractivity contribution in [3.63, 3.8) is 0 Å². The van der Waals surface area contributed by atoms with E-state index in [1.165, 1.54) is 11.1 Å². The highest BCUT2D eigenvalue weighted by Crippen LogP contribution is 2.20. The molecule has 24 heavy (non-hydrogen) atoms. The molecule has 2 aromatic carbocycles. The molecule has 1 amide bonds. The molecule has 0 saturated heterocycles. The van der Waals surface area contributed by atoms with Crippen molar-refractivity contribution in [2.24, 2.45) is 0 Å². The van der Waals surface area contributed by atoms with Crippen LogP contribution in [0.2, 0.25) is 5.02 Å². The first-order valence-corrected chi connectivity index (χ1v) is 9.37. The van der Waals surface area contributed by atoms with Gasteiger partial charge in [0.2, 0.25) is 5.91 Å². The zero-order chi connectivity index (χ0) is 17.4. The highest BCUT2D eigenvalue weighted by Gasteiger charge is 2.04. The molecular formula is C19H22ClNO2S. The maximum Gasteiger partial charge on any atom is 0.230 e. The number of benzene rings is 2. The summed E-state index contributed by atoms with van der Waals surface area (Å²) < 4.78 is 5.64. The lowest BCUT2D eigenvalue weighted by atomic mass is 10.1. The summed E-state index contributed by atoms with van der Waals surface area (Å²) in [5.41, 5.74) is 3.49. The molecule has 2 aromatic rings. The van der Waals surface area contributed by atoms with E-state index in [-0.39, 0.29) is 5.91 Å². The molecule has 1 N–H and O–H groups in total. The quantitative estimate of drug-likeness (QED) is 0.707. The highest BCUT2D eigenvalue weighted by atomic mass is 35.5. The van der Waals surface area contributed by atoms with Crippen molar-refractivity contribution < 1.29 is 9.53 Å². The van der Waals surface area contributed by atoms with Crippen LogP contribution in [0.5, 0.6) is 5.75 Å². The summed E-state index contributed by atoms with van der Waals surface area (Å²) in [4.78, 5) is 11.8. The smallest absolute Gasteiger partial charge is 0.230 e. The number of thioether (sulfide) groups is 1. The Balaban J connectivity index is 1.61. The van der Waals surface area contributed by atoms with E-state index in [1.807, 2.05) is 42.5 Å². The van der Waals surface area contributed by atoms with E-state index in [4.69, 9.17) is 16.3 Å². The molecule has 0 atom stereocenters. The van der Waals surface area contributed by atoms with Crippen LogP contribution in [0.15, 0.2) is 42.5 Å². The molecular weight excluding hydrogens is 342 g/mol. The molecule has 0 spiro atoms. The molecule has 0 aliphatic carbocycles. The highest BCUT2D eigenvalue weighted by molar-refractivity contribution is 7.99. The number of rotatable bonds is 8. The number of hydrogen-bond donors (Lipinski definition) is 1. The van der Waals surface area contributed by atoms with Gasteiger partial charge in [-0.3, -0.25) is 4.79 Å². The molecule has 2 rings (SSSR count). The summed E-state index contributed by atoms with van der Waals surface area (Å²) in [6, 6.07) is 13.7. The van der Waals surface area contributed by atoms with Crippen molar-refractivity contribution in [2.45, 2.75) is 19.6 Å². The molecule has 128 valence electrons. The zero-order valence-electron chi connectivity index (χ0n) is 14.0. The Kier molecular flexibility index (Phi) is 7.47. The monoisotopic (exact) mass is 363 g/mol. The maximum absolute atomic E-state index is 11.8. The van der Waals surface area contributed by atoms with E-state index in [2.05, 4.69) is 19.2 Å². The Morgan fingerprint density at radius 3 is 2.71 bits per heavy atom. The SMILES string of the molecule is Cc1ccc(OCCNC(=O)CSCc2ccccc2Cl)cc1C. The van der Waals surface area contributed by atoms with Crippen LogP contribution >= 0.6 is 23.4 Å². The third-order valence-electron chi connectivity index (χ3n) is 3.62. The summed E-state index contributed by atoms with van der Waals surface area (Å²) >= 11 is 7.64. The third kappa shape index (κ3) is 6.10. The van der Waals surface area contributed by atoms with Gasteiger partial charge in [-0.1, -0.05) is 35.9 Å². The van der Waals surface area contributed by atoms with Crippen molar-refractivity contribution in [3.8, 4) is 5.75 Å². The molecule has 3 nitrogen and oxygen atoms in total. The van der Waals surface area contributed by atoms with Gasteiger partial charge in [0.15, 0.2) is 0 Å². The largest absolute Gasteiger partial charge is 0.492 e. The number of amides is 1. The van der Waals surface area contributed by atoms with Gasteiger partial charge in [0.05, 0.1) is 12.3 Å². The van der Waals surface area contributed by atoms with Crippen LogP contribution < -0.4 is 10.1 Å². The van der Waals surface area contributed by atoms with Gasteiger partial charge < -0.3 is 10.1 Å². The third-order valence-corrected chi connectivity index (χ3v) is 4.97. The molecule has 0 unspecified atom stereocenters. The number of halogens is 1. The Bertz CT molecular complexity index is 691. The summed E-state index contributed by atoms with van der Waals surface area (Å²) in [7, 11) is 0. The van der Waals surface area contributed by atoms with Gasteiger partial charge in [-0.05, 0) is 48.7 Å². The number of ether oxygens (including phenoxy) is 1. The average Bonchev–Trinajstić information content (AvgIpc) is 2.56. The summed E-state index contributed by atoms with van der Waals surface area (Å²) in [5, 5.41) is 3.60. The Hall–Kier alpha value is -1.65. The molecule has 0 aliphatic rings. The lowest BCUT2D eigenvalue weighted by molar-refractivity contribution is -0.118. The van der Waals surface area contributed by atoms with E-state index < -0.39 is 0 Å². The molecule has 0 fully saturated rings. The second-order valence-corrected chi connectivity index (χ2v) is 6.92. The van der Waals surface area contributed by atoms with Crippen molar-refractivity contribution in [1.29, 1.82) is 0 Å². The molecule has 0 radical (unpaired) electrons. The summed E-state index contributed by atoms with van der Waals surface area (Å²) in [6.07, 6.45) is 0. The number of aryl methyl sites for hydroxylation is 2. The van der Waals surface area contributed by atoms with E-state index in [1.54, 1.807) is 11.8 Å². The molecule has 0 aliphatic heterocycles. The van der Waals surface area contributed by atoms with Gasteiger partial charge in [-0.15, -0.1) is 11.8 Å². The number of carbonyl (C=O) groups excluding carboxylic acids is 1. The van der Waals surface area contributed by atoms with Gasteiger partial charge in [-0.25, -0.2) is 0 Å². The fourth-order valence-electron chi connectivity index (χ4n) is 2.08. The predicted octanol–water partition coefficient (Wildman–Crippen LogP) is 4.39. The maximum atomic E-state index is 11.8. The van der Waals surface area contributed by atoms with E-state index >= 15 is 0 Å². The number of nitrogens with one attached hydrogen (secondary N) is 1. The predicted molar refractivity (Wildman–Crippen MR) is 102 cm³/mol. The van der Waals surface area contributed by atoms with Crippen molar-refractivity contribution >= 4 is 29.3 Å². The van der Waals surface area contributed by atoms with Crippen LogP contribution in [0.4, 0.5) is 0 Å². The van der Waals surface area contributed by atoms with Gasteiger partial charge in [0.25, 0.3) is 0 Å². The second kappa shape index (κ2) is 9.60. The molecule has 0 aromatic heterocycles. The minimum Gasteiger partial charge on any atom is -0.492 e. The summed E-state index contributed by atoms with van der Waals surface area (Å²) in [6.45, 7) is 5.08. The first-order chi connectivity index (χ1) is 11.6. The number of hydrogen-bond acceptors (Lipinski definition) is 3. The van der Waals surface area contributed by atoms with Crippen LogP contribution in [0, 0.1) is 13.8 Å². The lowest BCUT2D eigenvalue weighted by Gasteiger charge is -2.09. The summed E-state index contributed by atoms with van der Waals surface area (Å²) in [5.74, 6) is 1.98. The van der Waals surface area contributed by atoms with Crippen LogP contribution in [0.3, 0.4) is 0 Å². The second-order valence-electron chi connectivity index (χ2n) is 5.53. The van der Waals surface area contributed by atoms with Crippen molar-refractivity contribution in [1.82, 2.24) is 5.32 Å². The lowest BCUT2D eigenvalue weighted by Crippen LogP contribution is -2.29. The van der Waals surface area contributed by atoms with E-state index in [0.717, 1.165) is 22.1 Å². The molecule has 5 heteroatoms. The standard InChI is InChI=1S/C19H22ClNO2S/c1-14-7-8-17(11-15(14)2)23-10-9-21-19(22)13-24-12-16-5-3-4-6-18(16)20/h3-8,11H,9-10,12-13H2,1-2H3,(H,21,22). The van der Waals surface area contributed by atoms with Crippen LogP contribution in [-0.2, 0) is 10.5 Å². The normalized spacial score (nSPS) is 10.5. The molecule has 0 heterocycles. The van der Waals surface area contributed by atoms with Crippen LogP contribution in [0.1, 0.15) is 16.7 Å². The van der Waals surface area contributed by atoms with Gasteiger partial charge in [0, 0.05) is 10.8 Å².